The number of nitrogens with zero attached hydrogens (tertiary/aromatic N) is 1. The second-order valence-electron chi connectivity index (χ2n) is 22.3. The standard InChI is InChI=1S/C72H119NO8/c1-6-8-10-12-14-16-18-20-22-24-26-28-30-32-33-34-35-36-37-39-41-43-45-47-49-51-53-55-57-59-61-63-70(75)81-68(67-80-72(71(76)77)78-65-64-73(3,4)5)66-79-69(74)62-60-58-56-54-52-50-48-46-44-42-40-38-31-29-27-25-23-21-19-17-15-13-11-9-7-2/h8,10,14,16,19-22,25-28,31-33,35-36,38-39,41,45,47,68,72H,6-7,9,11-13,15,17-18,23-24,29-30,34,37,40,42-44,46,48-67H2,1-5H3/b10-8-,16-14-,21-19-,22-20-,27-25-,28-26-,33-32-,36-35-,38-31-,41-39-,47-45-. The molecular formula is C72H119NO8. The van der Waals surface area contributed by atoms with Gasteiger partial charge in [0.2, 0.25) is 0 Å². The molecule has 0 rings (SSSR count). The Balaban J connectivity index is 4.28. The highest BCUT2D eigenvalue weighted by molar-refractivity contribution is 5.70. The van der Waals surface area contributed by atoms with E-state index in [4.69, 9.17) is 18.9 Å². The zero-order valence-electron chi connectivity index (χ0n) is 52.4. The lowest BCUT2D eigenvalue weighted by molar-refractivity contribution is -0.870. The molecule has 0 aromatic heterocycles. The number of hydrogen-bond acceptors (Lipinski definition) is 8. The molecule has 0 aliphatic rings. The number of likely N-dealkylation sites (N-methyl/N-ethyl adjacent to an activating group) is 1. The van der Waals surface area contributed by atoms with Crippen LogP contribution in [0.2, 0.25) is 0 Å². The summed E-state index contributed by atoms with van der Waals surface area (Å²) in [7, 11) is 5.91. The molecule has 2 atom stereocenters. The number of aliphatic carboxylic acids is 1. The summed E-state index contributed by atoms with van der Waals surface area (Å²) in [5.41, 5.74) is 0. The van der Waals surface area contributed by atoms with Crippen molar-refractivity contribution in [3.05, 3.63) is 134 Å². The van der Waals surface area contributed by atoms with Gasteiger partial charge in [0.25, 0.3) is 0 Å². The molecule has 0 aliphatic heterocycles. The first kappa shape index (κ1) is 76.4. The van der Waals surface area contributed by atoms with E-state index < -0.39 is 24.3 Å². The molecule has 460 valence electrons. The van der Waals surface area contributed by atoms with Gasteiger partial charge in [-0.25, -0.2) is 0 Å². The van der Waals surface area contributed by atoms with Crippen molar-refractivity contribution in [2.45, 2.75) is 257 Å². The van der Waals surface area contributed by atoms with Crippen molar-refractivity contribution in [1.29, 1.82) is 0 Å². The minimum absolute atomic E-state index is 0.136. The molecular weight excluding hydrogens is 1010 g/mol. The molecule has 9 nitrogen and oxygen atoms in total. The molecule has 0 saturated heterocycles. The van der Waals surface area contributed by atoms with Crippen LogP contribution in [0.1, 0.15) is 245 Å². The Labute approximate surface area is 497 Å². The number of hydrogen-bond donors (Lipinski definition) is 0. The van der Waals surface area contributed by atoms with E-state index in [0.717, 1.165) is 135 Å². The molecule has 81 heavy (non-hydrogen) atoms. The normalized spacial score (nSPS) is 13.6. The van der Waals surface area contributed by atoms with Gasteiger partial charge >= 0.3 is 11.9 Å². The third kappa shape index (κ3) is 62.9. The number of allylic oxidation sites excluding steroid dienone is 22. The Bertz CT molecular complexity index is 1790. The Morgan fingerprint density at radius 3 is 1.05 bits per heavy atom. The summed E-state index contributed by atoms with van der Waals surface area (Å²) in [6, 6.07) is 0. The lowest BCUT2D eigenvalue weighted by atomic mass is 10.1. The summed E-state index contributed by atoms with van der Waals surface area (Å²) < 4.78 is 22.7. The number of carbonyl (C=O) groups excluding carboxylic acids is 3. The van der Waals surface area contributed by atoms with E-state index in [1.165, 1.54) is 77.0 Å². The van der Waals surface area contributed by atoms with Crippen molar-refractivity contribution in [3.8, 4) is 0 Å². The molecule has 0 saturated carbocycles. The maximum atomic E-state index is 12.9. The van der Waals surface area contributed by atoms with Gasteiger partial charge in [-0.15, -0.1) is 0 Å². The monoisotopic (exact) mass is 1130 g/mol. The minimum Gasteiger partial charge on any atom is -0.545 e. The number of carboxylic acids is 1. The Morgan fingerprint density at radius 2 is 0.704 bits per heavy atom. The Hall–Kier alpha value is -4.57. The van der Waals surface area contributed by atoms with Crippen LogP contribution in [-0.4, -0.2) is 82.3 Å². The van der Waals surface area contributed by atoms with Crippen LogP contribution in [0.5, 0.6) is 0 Å². The highest BCUT2D eigenvalue weighted by atomic mass is 16.7. The molecule has 9 heteroatoms. The quantitative estimate of drug-likeness (QED) is 0.0195. The SMILES string of the molecule is CC/C=C\C/C=C\C/C=C\C/C=C\C/C=C\C/C=C\C/C=C\C/C=C\CCCCCCCCC(=O)OC(COC(=O)CCCCCCCCCCCC/C=C\C/C=C\C/C=C\CCCCCCC)COC(OCC[N+](C)(C)C)C(=O)[O-]. The smallest absolute Gasteiger partial charge is 0.306 e. The van der Waals surface area contributed by atoms with Gasteiger partial charge in [-0.1, -0.05) is 250 Å². The minimum atomic E-state index is -1.64. The van der Waals surface area contributed by atoms with E-state index >= 15 is 0 Å². The van der Waals surface area contributed by atoms with E-state index in [9.17, 15) is 19.5 Å². The van der Waals surface area contributed by atoms with Gasteiger partial charge in [-0.3, -0.25) is 9.59 Å². The molecule has 0 radical (unpaired) electrons. The van der Waals surface area contributed by atoms with Crippen LogP contribution in [0.3, 0.4) is 0 Å². The predicted octanol–water partition coefficient (Wildman–Crippen LogP) is 18.5. The average molecular weight is 1130 g/mol. The van der Waals surface area contributed by atoms with Gasteiger partial charge in [0.15, 0.2) is 12.4 Å². The molecule has 0 aliphatic carbocycles. The van der Waals surface area contributed by atoms with Crippen molar-refractivity contribution in [1.82, 2.24) is 0 Å². The van der Waals surface area contributed by atoms with Gasteiger partial charge < -0.3 is 33.3 Å². The van der Waals surface area contributed by atoms with Crippen LogP contribution in [0.4, 0.5) is 0 Å². The average Bonchev–Trinajstić information content (AvgIpc) is 3.44. The summed E-state index contributed by atoms with van der Waals surface area (Å²) in [5, 5.41) is 11.8. The molecule has 0 aromatic carbocycles. The van der Waals surface area contributed by atoms with Crippen LogP contribution >= 0.6 is 0 Å². The molecule has 2 unspecified atom stereocenters. The highest BCUT2D eigenvalue weighted by Gasteiger charge is 2.22. The van der Waals surface area contributed by atoms with E-state index in [0.29, 0.717) is 17.4 Å². The second-order valence-corrected chi connectivity index (χ2v) is 22.3. The third-order valence-corrected chi connectivity index (χ3v) is 13.4. The van der Waals surface area contributed by atoms with Crippen molar-refractivity contribution in [3.63, 3.8) is 0 Å². The Morgan fingerprint density at radius 1 is 0.383 bits per heavy atom. The molecule has 0 fully saturated rings. The van der Waals surface area contributed by atoms with Crippen LogP contribution < -0.4 is 5.11 Å². The number of rotatable bonds is 58. The van der Waals surface area contributed by atoms with E-state index in [1.807, 2.05) is 21.1 Å². The topological polar surface area (TPSA) is 111 Å². The maximum Gasteiger partial charge on any atom is 0.306 e. The second kappa shape index (κ2) is 61.5. The number of unbranched alkanes of at least 4 members (excludes halogenated alkanes) is 21. The van der Waals surface area contributed by atoms with Gasteiger partial charge in [-0.2, -0.15) is 0 Å². The van der Waals surface area contributed by atoms with E-state index in [2.05, 4.69) is 148 Å². The largest absolute Gasteiger partial charge is 0.545 e. The zero-order chi connectivity index (χ0) is 59.1. The fraction of sp³-hybridized carbons (Fsp3) is 0.653. The molecule has 0 N–H and O–H groups in total. The van der Waals surface area contributed by atoms with Gasteiger partial charge in [0.05, 0.1) is 40.3 Å². The first-order chi connectivity index (χ1) is 39.6. The summed E-state index contributed by atoms with van der Waals surface area (Å²) in [4.78, 5) is 37.4. The van der Waals surface area contributed by atoms with Gasteiger partial charge in [0, 0.05) is 12.8 Å². The van der Waals surface area contributed by atoms with Crippen LogP contribution in [-0.2, 0) is 33.3 Å². The molecule has 0 spiro atoms. The zero-order valence-corrected chi connectivity index (χ0v) is 52.4. The predicted molar refractivity (Wildman–Crippen MR) is 343 cm³/mol. The lowest BCUT2D eigenvalue weighted by Gasteiger charge is -2.26. The lowest BCUT2D eigenvalue weighted by Crippen LogP contribution is -2.44. The van der Waals surface area contributed by atoms with E-state index in [-0.39, 0.29) is 38.6 Å². The van der Waals surface area contributed by atoms with Gasteiger partial charge in [-0.05, 0) is 116 Å². The molecule has 0 amide bonds. The number of carbonyl (C=O) groups is 3. The summed E-state index contributed by atoms with van der Waals surface area (Å²) >= 11 is 0. The van der Waals surface area contributed by atoms with Crippen molar-refractivity contribution in [2.75, 3.05) is 47.5 Å². The molecule has 0 heterocycles. The van der Waals surface area contributed by atoms with Crippen molar-refractivity contribution >= 4 is 17.9 Å². The third-order valence-electron chi connectivity index (χ3n) is 13.4. The summed E-state index contributed by atoms with van der Waals surface area (Å²) in [5.74, 6) is -2.32. The highest BCUT2D eigenvalue weighted by Crippen LogP contribution is 2.15. The van der Waals surface area contributed by atoms with Crippen LogP contribution in [0.25, 0.3) is 0 Å². The number of quaternary nitrogens is 1. The van der Waals surface area contributed by atoms with E-state index in [1.54, 1.807) is 0 Å². The number of ether oxygens (including phenoxy) is 4. The van der Waals surface area contributed by atoms with Crippen molar-refractivity contribution < 1.29 is 42.9 Å². The number of carboxylic acid groups (broad SMARTS) is 1. The van der Waals surface area contributed by atoms with Gasteiger partial charge in [0.1, 0.15) is 13.2 Å². The summed E-state index contributed by atoms with van der Waals surface area (Å²) in [6.07, 6.45) is 85.0. The van der Waals surface area contributed by atoms with Crippen LogP contribution in [0.15, 0.2) is 134 Å². The molecule has 0 bridgehead atoms. The fourth-order valence-corrected chi connectivity index (χ4v) is 8.44. The Kier molecular flexibility index (Phi) is 58.0. The maximum absolute atomic E-state index is 12.9. The summed E-state index contributed by atoms with van der Waals surface area (Å²) in [6.45, 7) is 4.59. The first-order valence-electron chi connectivity index (χ1n) is 32.3. The molecule has 0 aromatic rings. The first-order valence-corrected chi connectivity index (χ1v) is 32.3. The van der Waals surface area contributed by atoms with Crippen molar-refractivity contribution in [2.24, 2.45) is 0 Å². The number of esters is 2. The fourth-order valence-electron chi connectivity index (χ4n) is 8.44. The van der Waals surface area contributed by atoms with Crippen LogP contribution in [0, 0.1) is 0 Å².